The van der Waals surface area contributed by atoms with E-state index < -0.39 is 5.97 Å². The summed E-state index contributed by atoms with van der Waals surface area (Å²) in [6.07, 6.45) is 5.20. The van der Waals surface area contributed by atoms with Crippen LogP contribution in [0.15, 0.2) is 79.3 Å². The van der Waals surface area contributed by atoms with Crippen molar-refractivity contribution in [3.05, 3.63) is 95.9 Å². The molecule has 0 aliphatic rings. The zero-order valence-electron chi connectivity index (χ0n) is 15.8. The molecule has 8 nitrogen and oxygen atoms in total. The van der Waals surface area contributed by atoms with Gasteiger partial charge in [-0.2, -0.15) is 0 Å². The number of hydrogen-bond donors (Lipinski definition) is 2. The number of carbonyl (C=O) groups is 2. The molecule has 2 aromatic heterocycles. The Hall–Kier alpha value is -4.33. The minimum absolute atomic E-state index is 0.0642. The average Bonchev–Trinajstić information content (AvgIpc) is 3.28. The zero-order chi connectivity index (χ0) is 20.9. The van der Waals surface area contributed by atoms with Gasteiger partial charge >= 0.3 is 5.97 Å². The molecule has 8 heteroatoms. The Kier molecular flexibility index (Phi) is 5.29. The molecule has 2 N–H and O–H groups in total. The largest absolute Gasteiger partial charge is 0.478 e. The molecule has 0 saturated carbocycles. The molecule has 0 bridgehead atoms. The van der Waals surface area contributed by atoms with Crippen LogP contribution in [-0.4, -0.2) is 37.0 Å². The van der Waals surface area contributed by atoms with Gasteiger partial charge in [-0.15, -0.1) is 5.10 Å². The van der Waals surface area contributed by atoms with Gasteiger partial charge in [0.25, 0.3) is 5.91 Å². The van der Waals surface area contributed by atoms with E-state index in [1.807, 2.05) is 42.6 Å². The molecule has 0 saturated heterocycles. The molecule has 0 unspecified atom stereocenters. The van der Waals surface area contributed by atoms with Gasteiger partial charge in [-0.3, -0.25) is 9.78 Å². The number of hydrogen-bond acceptors (Lipinski definition) is 5. The molecule has 0 aliphatic carbocycles. The number of nitrogens with zero attached hydrogens (tertiary/aromatic N) is 4. The number of carboxylic acids is 1. The predicted molar refractivity (Wildman–Crippen MR) is 109 cm³/mol. The maximum absolute atomic E-state index is 12.5. The highest BCUT2D eigenvalue weighted by atomic mass is 16.4. The number of pyridine rings is 1. The average molecular weight is 399 g/mol. The molecule has 148 valence electrons. The number of aromatic carboxylic acids is 1. The molecule has 30 heavy (non-hydrogen) atoms. The van der Waals surface area contributed by atoms with Crippen LogP contribution in [0, 0.1) is 0 Å². The first kappa shape index (κ1) is 19.0. The maximum Gasteiger partial charge on any atom is 0.335 e. The second-order valence-electron chi connectivity index (χ2n) is 6.48. The lowest BCUT2D eigenvalue weighted by molar-refractivity contribution is 0.0697. The van der Waals surface area contributed by atoms with Crippen molar-refractivity contribution in [2.24, 2.45) is 0 Å². The van der Waals surface area contributed by atoms with Crippen molar-refractivity contribution in [1.82, 2.24) is 25.3 Å². The fraction of sp³-hybridized carbons (Fsp3) is 0.0455. The SMILES string of the molecule is O=C(O)c1cccc(C(=O)NCc2ccccc2-n2cc(-c3ccncc3)nn2)c1. The highest BCUT2D eigenvalue weighted by Gasteiger charge is 2.12. The summed E-state index contributed by atoms with van der Waals surface area (Å²) in [5.41, 5.74) is 3.58. The summed E-state index contributed by atoms with van der Waals surface area (Å²) >= 11 is 0. The van der Waals surface area contributed by atoms with Crippen LogP contribution < -0.4 is 5.32 Å². The van der Waals surface area contributed by atoms with Crippen LogP contribution in [0.3, 0.4) is 0 Å². The van der Waals surface area contributed by atoms with Gasteiger partial charge in [-0.1, -0.05) is 29.5 Å². The topological polar surface area (TPSA) is 110 Å². The van der Waals surface area contributed by atoms with Crippen molar-refractivity contribution < 1.29 is 14.7 Å². The van der Waals surface area contributed by atoms with Crippen molar-refractivity contribution in [3.8, 4) is 16.9 Å². The second-order valence-corrected chi connectivity index (χ2v) is 6.48. The molecule has 0 atom stereocenters. The zero-order valence-corrected chi connectivity index (χ0v) is 15.8. The predicted octanol–water partition coefficient (Wildman–Crippen LogP) is 2.96. The highest BCUT2D eigenvalue weighted by molar-refractivity contribution is 5.97. The smallest absolute Gasteiger partial charge is 0.335 e. The first-order chi connectivity index (χ1) is 14.6. The lowest BCUT2D eigenvalue weighted by atomic mass is 10.1. The van der Waals surface area contributed by atoms with E-state index in [1.54, 1.807) is 29.2 Å². The number of para-hydroxylation sites is 1. The van der Waals surface area contributed by atoms with E-state index in [-0.39, 0.29) is 23.6 Å². The molecule has 0 aliphatic heterocycles. The maximum atomic E-state index is 12.5. The Labute approximate surface area is 171 Å². The van der Waals surface area contributed by atoms with Gasteiger partial charge in [0.2, 0.25) is 0 Å². The lowest BCUT2D eigenvalue weighted by Crippen LogP contribution is -2.23. The summed E-state index contributed by atoms with van der Waals surface area (Å²) in [4.78, 5) is 27.6. The van der Waals surface area contributed by atoms with E-state index in [9.17, 15) is 9.59 Å². The molecule has 4 rings (SSSR count). The Morgan fingerprint density at radius 3 is 2.53 bits per heavy atom. The standard InChI is InChI=1S/C22H17N5O3/c28-21(16-5-3-6-17(12-16)22(29)30)24-13-18-4-1-2-7-20(18)27-14-19(25-26-27)15-8-10-23-11-9-15/h1-12,14H,13H2,(H,24,28)(H,29,30). The quantitative estimate of drug-likeness (QED) is 0.516. The summed E-state index contributed by atoms with van der Waals surface area (Å²) in [6.45, 7) is 0.247. The van der Waals surface area contributed by atoms with Crippen LogP contribution in [0.2, 0.25) is 0 Å². The summed E-state index contributed by atoms with van der Waals surface area (Å²) in [5.74, 6) is -1.44. The van der Waals surface area contributed by atoms with Gasteiger partial charge in [0.05, 0.1) is 17.4 Å². The van der Waals surface area contributed by atoms with E-state index in [2.05, 4.69) is 20.6 Å². The van der Waals surface area contributed by atoms with Gasteiger partial charge in [0, 0.05) is 30.1 Å². The van der Waals surface area contributed by atoms with E-state index in [1.165, 1.54) is 12.1 Å². The van der Waals surface area contributed by atoms with Gasteiger partial charge in [0.1, 0.15) is 5.69 Å². The molecule has 0 fully saturated rings. The third-order valence-electron chi connectivity index (χ3n) is 4.52. The van der Waals surface area contributed by atoms with E-state index in [4.69, 9.17) is 5.11 Å². The number of benzene rings is 2. The third kappa shape index (κ3) is 4.07. The van der Waals surface area contributed by atoms with Gasteiger partial charge in [-0.25, -0.2) is 9.48 Å². The van der Waals surface area contributed by atoms with Gasteiger partial charge in [-0.05, 0) is 42.0 Å². The molecule has 0 radical (unpaired) electrons. The number of amides is 1. The van der Waals surface area contributed by atoms with Crippen molar-refractivity contribution in [2.45, 2.75) is 6.54 Å². The number of aromatic nitrogens is 4. The monoisotopic (exact) mass is 399 g/mol. The van der Waals surface area contributed by atoms with E-state index in [0.717, 1.165) is 16.8 Å². The summed E-state index contributed by atoms with van der Waals surface area (Å²) in [6, 6.07) is 17.1. The Bertz CT molecular complexity index is 1200. The molecular weight excluding hydrogens is 382 g/mol. The van der Waals surface area contributed by atoms with Crippen molar-refractivity contribution in [3.63, 3.8) is 0 Å². The summed E-state index contributed by atoms with van der Waals surface area (Å²) in [5, 5.41) is 20.3. The Morgan fingerprint density at radius 2 is 1.73 bits per heavy atom. The highest BCUT2D eigenvalue weighted by Crippen LogP contribution is 2.19. The Morgan fingerprint density at radius 1 is 0.967 bits per heavy atom. The number of carbonyl (C=O) groups excluding carboxylic acids is 1. The van der Waals surface area contributed by atoms with E-state index >= 15 is 0 Å². The van der Waals surface area contributed by atoms with Crippen LogP contribution in [0.1, 0.15) is 26.3 Å². The number of carboxylic acid groups (broad SMARTS) is 1. The normalized spacial score (nSPS) is 10.5. The van der Waals surface area contributed by atoms with Crippen molar-refractivity contribution in [1.29, 1.82) is 0 Å². The van der Waals surface area contributed by atoms with Crippen LogP contribution in [0.4, 0.5) is 0 Å². The van der Waals surface area contributed by atoms with Crippen LogP contribution in [0.25, 0.3) is 16.9 Å². The van der Waals surface area contributed by atoms with Crippen LogP contribution >= 0.6 is 0 Å². The molecule has 4 aromatic rings. The van der Waals surface area contributed by atoms with Crippen LogP contribution in [-0.2, 0) is 6.54 Å². The number of nitrogens with one attached hydrogen (secondary N) is 1. The van der Waals surface area contributed by atoms with Gasteiger partial charge in [0.15, 0.2) is 0 Å². The summed E-state index contributed by atoms with van der Waals surface area (Å²) < 4.78 is 1.66. The minimum atomic E-state index is -1.08. The van der Waals surface area contributed by atoms with Crippen LogP contribution in [0.5, 0.6) is 0 Å². The fourth-order valence-corrected chi connectivity index (χ4v) is 2.99. The molecule has 2 heterocycles. The molecule has 0 spiro atoms. The molecule has 1 amide bonds. The third-order valence-corrected chi connectivity index (χ3v) is 4.52. The fourth-order valence-electron chi connectivity index (χ4n) is 2.99. The van der Waals surface area contributed by atoms with E-state index in [0.29, 0.717) is 5.69 Å². The Balaban J connectivity index is 1.53. The second kappa shape index (κ2) is 8.36. The molecular formula is C22H17N5O3. The first-order valence-corrected chi connectivity index (χ1v) is 9.14. The lowest BCUT2D eigenvalue weighted by Gasteiger charge is -2.10. The first-order valence-electron chi connectivity index (χ1n) is 9.14. The van der Waals surface area contributed by atoms with Gasteiger partial charge < -0.3 is 10.4 Å². The number of rotatable bonds is 6. The van der Waals surface area contributed by atoms with Crippen molar-refractivity contribution in [2.75, 3.05) is 0 Å². The van der Waals surface area contributed by atoms with Crippen molar-refractivity contribution >= 4 is 11.9 Å². The minimum Gasteiger partial charge on any atom is -0.478 e. The summed E-state index contributed by atoms with van der Waals surface area (Å²) in [7, 11) is 0. The molecule has 2 aromatic carbocycles.